The molecule has 3 aromatic rings. The molecule has 6 nitrogen and oxygen atoms in total. The number of amides is 1. The Kier molecular flexibility index (Phi) is 3.49. The van der Waals surface area contributed by atoms with E-state index in [1.54, 1.807) is 4.52 Å². The van der Waals surface area contributed by atoms with Gasteiger partial charge < -0.3 is 10.2 Å². The predicted octanol–water partition coefficient (Wildman–Crippen LogP) is 2.31. The SMILES string of the molecule is Cc1cn2nc(NC3CC(=O)N(Cc4ccccc4)C3)sc2n1. The lowest BCUT2D eigenvalue weighted by Crippen LogP contribution is -2.27. The average Bonchev–Trinajstić information content (AvgIpc) is 3.14. The lowest BCUT2D eigenvalue weighted by Gasteiger charge is -2.16. The summed E-state index contributed by atoms with van der Waals surface area (Å²) < 4.78 is 1.78. The number of nitrogens with one attached hydrogen (secondary N) is 1. The molecular weight excluding hydrogens is 310 g/mol. The van der Waals surface area contributed by atoms with Gasteiger partial charge in [-0.3, -0.25) is 4.79 Å². The van der Waals surface area contributed by atoms with Gasteiger partial charge in [0.15, 0.2) is 0 Å². The zero-order chi connectivity index (χ0) is 15.8. The van der Waals surface area contributed by atoms with Gasteiger partial charge in [-0.05, 0) is 12.5 Å². The van der Waals surface area contributed by atoms with Crippen LogP contribution in [0, 0.1) is 6.92 Å². The maximum absolute atomic E-state index is 12.2. The summed E-state index contributed by atoms with van der Waals surface area (Å²) in [6.07, 6.45) is 2.41. The first-order valence-electron chi connectivity index (χ1n) is 7.58. The third-order valence-electron chi connectivity index (χ3n) is 3.92. The molecular formula is C16H17N5OS. The highest BCUT2D eigenvalue weighted by Gasteiger charge is 2.30. The fourth-order valence-corrected chi connectivity index (χ4v) is 3.77. The summed E-state index contributed by atoms with van der Waals surface area (Å²) in [6.45, 7) is 3.32. The summed E-state index contributed by atoms with van der Waals surface area (Å²) in [5, 5.41) is 8.64. The molecule has 1 aromatic carbocycles. The number of nitrogens with zero attached hydrogens (tertiary/aromatic N) is 4. The molecule has 1 amide bonds. The van der Waals surface area contributed by atoms with E-state index < -0.39 is 0 Å². The monoisotopic (exact) mass is 327 g/mol. The van der Waals surface area contributed by atoms with Crippen molar-refractivity contribution in [2.45, 2.75) is 25.9 Å². The Balaban J connectivity index is 1.42. The largest absolute Gasteiger partial charge is 0.355 e. The van der Waals surface area contributed by atoms with Crippen molar-refractivity contribution in [3.05, 3.63) is 47.8 Å². The van der Waals surface area contributed by atoms with E-state index in [1.165, 1.54) is 11.3 Å². The Hall–Kier alpha value is -2.41. The Labute approximate surface area is 137 Å². The number of hydrogen-bond acceptors (Lipinski definition) is 5. The van der Waals surface area contributed by atoms with E-state index in [1.807, 2.05) is 48.4 Å². The molecule has 118 valence electrons. The van der Waals surface area contributed by atoms with Crippen molar-refractivity contribution in [2.75, 3.05) is 11.9 Å². The molecule has 23 heavy (non-hydrogen) atoms. The lowest BCUT2D eigenvalue weighted by molar-refractivity contribution is -0.128. The minimum atomic E-state index is 0.100. The number of fused-ring (bicyclic) bond motifs is 1. The Bertz CT molecular complexity index is 809. The number of aryl methyl sites for hydroxylation is 1. The molecule has 0 aliphatic carbocycles. The summed E-state index contributed by atoms with van der Waals surface area (Å²) in [6, 6.07) is 10.2. The number of rotatable bonds is 4. The van der Waals surface area contributed by atoms with E-state index in [-0.39, 0.29) is 11.9 Å². The minimum absolute atomic E-state index is 0.100. The van der Waals surface area contributed by atoms with E-state index in [9.17, 15) is 4.79 Å². The van der Waals surface area contributed by atoms with Crippen molar-refractivity contribution in [1.82, 2.24) is 19.5 Å². The first-order chi connectivity index (χ1) is 11.2. The van der Waals surface area contributed by atoms with Gasteiger partial charge in [0.2, 0.25) is 16.0 Å². The molecule has 1 aliphatic heterocycles. The van der Waals surface area contributed by atoms with Crippen LogP contribution in [0.2, 0.25) is 0 Å². The van der Waals surface area contributed by atoms with E-state index in [0.717, 1.165) is 21.3 Å². The zero-order valence-corrected chi connectivity index (χ0v) is 13.6. The molecule has 0 radical (unpaired) electrons. The Morgan fingerprint density at radius 2 is 2.17 bits per heavy atom. The second kappa shape index (κ2) is 5.66. The lowest BCUT2D eigenvalue weighted by atomic mass is 10.2. The van der Waals surface area contributed by atoms with Crippen molar-refractivity contribution in [2.24, 2.45) is 0 Å². The molecule has 7 heteroatoms. The van der Waals surface area contributed by atoms with Crippen molar-refractivity contribution in [3.63, 3.8) is 0 Å². The van der Waals surface area contributed by atoms with Crippen LogP contribution in [0.3, 0.4) is 0 Å². The summed E-state index contributed by atoms with van der Waals surface area (Å²) in [7, 11) is 0. The van der Waals surface area contributed by atoms with Gasteiger partial charge >= 0.3 is 0 Å². The number of imidazole rings is 1. The van der Waals surface area contributed by atoms with Crippen LogP contribution in [-0.4, -0.2) is 38.0 Å². The molecule has 1 saturated heterocycles. The third-order valence-corrected chi connectivity index (χ3v) is 4.78. The van der Waals surface area contributed by atoms with Crippen LogP contribution in [0.15, 0.2) is 36.5 Å². The molecule has 1 aliphatic rings. The van der Waals surface area contributed by atoms with Crippen LogP contribution in [0.4, 0.5) is 5.13 Å². The molecule has 4 rings (SSSR count). The van der Waals surface area contributed by atoms with Gasteiger partial charge in [0, 0.05) is 19.5 Å². The smallest absolute Gasteiger partial charge is 0.225 e. The van der Waals surface area contributed by atoms with Crippen LogP contribution in [0.5, 0.6) is 0 Å². The van der Waals surface area contributed by atoms with Crippen molar-refractivity contribution in [1.29, 1.82) is 0 Å². The van der Waals surface area contributed by atoms with E-state index in [4.69, 9.17) is 0 Å². The van der Waals surface area contributed by atoms with Crippen molar-refractivity contribution < 1.29 is 4.79 Å². The van der Waals surface area contributed by atoms with E-state index >= 15 is 0 Å². The van der Waals surface area contributed by atoms with Gasteiger partial charge in [-0.15, -0.1) is 5.10 Å². The van der Waals surface area contributed by atoms with Gasteiger partial charge in [-0.1, -0.05) is 41.7 Å². The maximum Gasteiger partial charge on any atom is 0.225 e. The molecule has 3 heterocycles. The number of hydrogen-bond donors (Lipinski definition) is 1. The highest BCUT2D eigenvalue weighted by molar-refractivity contribution is 7.20. The summed E-state index contributed by atoms with van der Waals surface area (Å²) in [4.78, 5) is 19.4. The quantitative estimate of drug-likeness (QED) is 0.799. The number of carbonyl (C=O) groups excluding carboxylic acids is 1. The Morgan fingerprint density at radius 3 is 2.96 bits per heavy atom. The molecule has 0 bridgehead atoms. The predicted molar refractivity (Wildman–Crippen MR) is 89.5 cm³/mol. The topological polar surface area (TPSA) is 62.5 Å². The number of aromatic nitrogens is 3. The second-order valence-electron chi connectivity index (χ2n) is 5.82. The standard InChI is InChI=1S/C16H17N5OS/c1-11-8-21-16(17-11)23-15(19-21)18-13-7-14(22)20(10-13)9-12-5-3-2-4-6-12/h2-6,8,13H,7,9-10H2,1H3,(H,18,19). The molecule has 2 aromatic heterocycles. The van der Waals surface area contributed by atoms with Crippen molar-refractivity contribution in [3.8, 4) is 0 Å². The number of anilines is 1. The second-order valence-corrected chi connectivity index (χ2v) is 6.78. The summed E-state index contributed by atoms with van der Waals surface area (Å²) >= 11 is 1.51. The molecule has 1 atom stereocenters. The van der Waals surface area contributed by atoms with Crippen LogP contribution < -0.4 is 5.32 Å². The fourth-order valence-electron chi connectivity index (χ4n) is 2.87. The summed E-state index contributed by atoms with van der Waals surface area (Å²) in [5.41, 5.74) is 2.12. The molecule has 1 N–H and O–H groups in total. The number of benzene rings is 1. The van der Waals surface area contributed by atoms with E-state index in [2.05, 4.69) is 15.4 Å². The fraction of sp³-hybridized carbons (Fsp3) is 0.312. The number of likely N-dealkylation sites (tertiary alicyclic amines) is 1. The van der Waals surface area contributed by atoms with Gasteiger partial charge in [-0.25, -0.2) is 9.50 Å². The van der Waals surface area contributed by atoms with Crippen LogP contribution in [0.25, 0.3) is 4.96 Å². The van der Waals surface area contributed by atoms with Gasteiger partial charge in [0.25, 0.3) is 0 Å². The molecule has 1 unspecified atom stereocenters. The van der Waals surface area contributed by atoms with Crippen LogP contribution in [0.1, 0.15) is 17.7 Å². The molecule has 1 fully saturated rings. The van der Waals surface area contributed by atoms with Crippen molar-refractivity contribution >= 4 is 27.3 Å². The van der Waals surface area contributed by atoms with Gasteiger partial charge in [0.1, 0.15) is 0 Å². The summed E-state index contributed by atoms with van der Waals surface area (Å²) in [5.74, 6) is 0.184. The molecule has 0 saturated carbocycles. The Morgan fingerprint density at radius 1 is 1.35 bits per heavy atom. The first kappa shape index (κ1) is 14.2. The number of carbonyl (C=O) groups is 1. The van der Waals surface area contributed by atoms with E-state index in [0.29, 0.717) is 19.5 Å². The van der Waals surface area contributed by atoms with Crippen LogP contribution >= 0.6 is 11.3 Å². The highest BCUT2D eigenvalue weighted by atomic mass is 32.1. The third kappa shape index (κ3) is 2.92. The maximum atomic E-state index is 12.2. The van der Waals surface area contributed by atoms with Gasteiger partial charge in [-0.2, -0.15) is 0 Å². The van der Waals surface area contributed by atoms with Gasteiger partial charge in [0.05, 0.1) is 17.9 Å². The molecule has 0 spiro atoms. The van der Waals surface area contributed by atoms with Crippen LogP contribution in [-0.2, 0) is 11.3 Å². The minimum Gasteiger partial charge on any atom is -0.355 e. The zero-order valence-electron chi connectivity index (χ0n) is 12.8. The highest BCUT2D eigenvalue weighted by Crippen LogP contribution is 2.23. The first-order valence-corrected chi connectivity index (χ1v) is 8.40. The normalized spacial score (nSPS) is 18.0. The average molecular weight is 327 g/mol.